The van der Waals surface area contributed by atoms with Crippen molar-refractivity contribution in [1.29, 1.82) is 0 Å². The number of fused-ring (bicyclic) bond motifs is 1. The van der Waals surface area contributed by atoms with Gasteiger partial charge in [0.2, 0.25) is 0 Å². The number of amides is 4. The number of anilines is 1. The molecule has 4 amide bonds. The van der Waals surface area contributed by atoms with Gasteiger partial charge >= 0.3 is 18.1 Å². The fourth-order valence-corrected chi connectivity index (χ4v) is 8.72. The number of aromatic hydroxyl groups is 1. The van der Waals surface area contributed by atoms with Gasteiger partial charge in [0.05, 0.1) is 13.2 Å². The number of rotatable bonds is 10. The molecule has 1 atom stereocenters. The van der Waals surface area contributed by atoms with Gasteiger partial charge in [-0.25, -0.2) is 9.59 Å². The molecule has 55 heavy (non-hydrogen) atoms. The number of nitrogens with one attached hydrogen (secondary N) is 1. The van der Waals surface area contributed by atoms with Crippen molar-refractivity contribution in [1.82, 2.24) is 19.6 Å². The summed E-state index contributed by atoms with van der Waals surface area (Å²) in [6.07, 6.45) is 4.59. The lowest BCUT2D eigenvalue weighted by atomic mass is 9.78. The molecule has 2 aromatic carbocycles. The summed E-state index contributed by atoms with van der Waals surface area (Å²) in [4.78, 5) is 60.9. The molecule has 12 nitrogen and oxygen atoms in total. The smallest absolute Gasteiger partial charge is 0.410 e. The van der Waals surface area contributed by atoms with Crippen molar-refractivity contribution in [3.05, 3.63) is 58.7 Å². The summed E-state index contributed by atoms with van der Waals surface area (Å²) in [5.74, 6) is 1.28. The number of hydrogen-bond acceptors (Lipinski definition) is 8. The largest absolute Gasteiger partial charge is 0.507 e. The summed E-state index contributed by atoms with van der Waals surface area (Å²) in [6, 6.07) is 11.5. The molecule has 0 unspecified atom stereocenters. The molecule has 4 aliphatic rings. The lowest BCUT2D eigenvalue weighted by Gasteiger charge is -2.41. The molecular weight excluding hydrogens is 699 g/mol. The van der Waals surface area contributed by atoms with Crippen molar-refractivity contribution >= 4 is 29.7 Å². The van der Waals surface area contributed by atoms with Crippen LogP contribution in [-0.2, 0) is 31.9 Å². The quantitative estimate of drug-likeness (QED) is 0.266. The number of carbonyl (C=O) groups excluding carboxylic acids is 4. The Hall–Kier alpha value is -4.32. The van der Waals surface area contributed by atoms with E-state index in [2.05, 4.69) is 10.2 Å². The minimum atomic E-state index is -0.997. The Morgan fingerprint density at radius 1 is 0.855 bits per heavy atom. The summed E-state index contributed by atoms with van der Waals surface area (Å²) in [5.41, 5.74) is 4.22. The van der Waals surface area contributed by atoms with Gasteiger partial charge in [-0.1, -0.05) is 51.6 Å². The first-order chi connectivity index (χ1) is 25.9. The SMILES string of the molecule is C.Cc1cc(C[C@@H](OC(=O)N2CCC(N3CCc4ccccc4NC3=O)CC2)C(=O)N2CCC(C3CCN(CC(=O)OCC(C)C)CC3)CC2)cc(C)c1O. The van der Waals surface area contributed by atoms with Crippen molar-refractivity contribution in [3.8, 4) is 5.75 Å². The van der Waals surface area contributed by atoms with Gasteiger partial charge in [0.25, 0.3) is 5.91 Å². The van der Waals surface area contributed by atoms with Crippen molar-refractivity contribution in [3.63, 3.8) is 0 Å². The Balaban J connectivity index is 0.00000580. The van der Waals surface area contributed by atoms with E-state index in [4.69, 9.17) is 9.47 Å². The second-order valence-electron chi connectivity index (χ2n) is 16.3. The first-order valence-corrected chi connectivity index (χ1v) is 20.0. The van der Waals surface area contributed by atoms with Gasteiger partial charge in [-0.05, 0) is 118 Å². The Kier molecular flexibility index (Phi) is 14.5. The molecule has 12 heteroatoms. The van der Waals surface area contributed by atoms with Gasteiger partial charge in [0.15, 0.2) is 6.10 Å². The fourth-order valence-electron chi connectivity index (χ4n) is 8.72. The molecule has 4 heterocycles. The highest BCUT2D eigenvalue weighted by Gasteiger charge is 2.37. The molecule has 0 aromatic heterocycles. The number of ether oxygens (including phenoxy) is 2. The van der Waals surface area contributed by atoms with Gasteiger partial charge in [-0.3, -0.25) is 14.5 Å². The van der Waals surface area contributed by atoms with E-state index in [1.807, 2.05) is 73.9 Å². The number of phenols is 1. The average Bonchev–Trinajstić information content (AvgIpc) is 3.34. The first kappa shape index (κ1) is 41.8. The first-order valence-electron chi connectivity index (χ1n) is 20.0. The number of hydrogen-bond donors (Lipinski definition) is 2. The molecule has 302 valence electrons. The highest BCUT2D eigenvalue weighted by atomic mass is 16.6. The molecule has 0 radical (unpaired) electrons. The minimum Gasteiger partial charge on any atom is -0.507 e. The van der Waals surface area contributed by atoms with Crippen LogP contribution in [0.5, 0.6) is 5.75 Å². The monoisotopic (exact) mass is 761 g/mol. The summed E-state index contributed by atoms with van der Waals surface area (Å²) >= 11 is 0. The van der Waals surface area contributed by atoms with Crippen LogP contribution in [0.15, 0.2) is 36.4 Å². The van der Waals surface area contributed by atoms with Crippen molar-refractivity contribution in [2.45, 2.75) is 98.6 Å². The molecule has 3 saturated heterocycles. The van der Waals surface area contributed by atoms with E-state index in [0.717, 1.165) is 62.0 Å². The van der Waals surface area contributed by atoms with Crippen LogP contribution in [-0.4, -0.2) is 120 Å². The van der Waals surface area contributed by atoms with Gasteiger partial charge in [0, 0.05) is 50.9 Å². The maximum atomic E-state index is 14.2. The van der Waals surface area contributed by atoms with Gasteiger partial charge in [-0.15, -0.1) is 0 Å². The lowest BCUT2D eigenvalue weighted by molar-refractivity contribution is -0.146. The number of nitrogens with zero attached hydrogens (tertiary/aromatic N) is 4. The number of para-hydroxylation sites is 1. The van der Waals surface area contributed by atoms with E-state index in [1.54, 1.807) is 4.90 Å². The summed E-state index contributed by atoms with van der Waals surface area (Å²) in [6.45, 7) is 13.0. The number of aryl methyl sites for hydroxylation is 2. The third kappa shape index (κ3) is 10.7. The van der Waals surface area contributed by atoms with Crippen LogP contribution in [0.25, 0.3) is 0 Å². The highest BCUT2D eigenvalue weighted by molar-refractivity contribution is 5.91. The molecule has 0 saturated carbocycles. The molecule has 2 N–H and O–H groups in total. The Bertz CT molecular complexity index is 1620. The topological polar surface area (TPSA) is 132 Å². The van der Waals surface area contributed by atoms with E-state index >= 15 is 0 Å². The van der Waals surface area contributed by atoms with Crippen LogP contribution in [0.1, 0.15) is 82.1 Å². The zero-order valence-electron chi connectivity index (χ0n) is 32.6. The minimum absolute atomic E-state index is 0. The van der Waals surface area contributed by atoms with Crippen LogP contribution < -0.4 is 5.32 Å². The zero-order valence-corrected chi connectivity index (χ0v) is 32.6. The lowest BCUT2D eigenvalue weighted by Crippen LogP contribution is -2.52. The van der Waals surface area contributed by atoms with Crippen LogP contribution in [0.2, 0.25) is 0 Å². The molecule has 3 fully saturated rings. The molecule has 0 bridgehead atoms. The van der Waals surface area contributed by atoms with Crippen molar-refractivity contribution in [2.75, 3.05) is 64.3 Å². The molecule has 0 spiro atoms. The number of phenolic OH excluding ortho intramolecular Hbond substituents is 1. The van der Waals surface area contributed by atoms with Crippen molar-refractivity contribution in [2.24, 2.45) is 17.8 Å². The number of benzene rings is 2. The maximum absolute atomic E-state index is 14.2. The molecule has 2 aromatic rings. The van der Waals surface area contributed by atoms with E-state index in [1.165, 1.54) is 0 Å². The second-order valence-corrected chi connectivity index (χ2v) is 16.3. The summed E-state index contributed by atoms with van der Waals surface area (Å²) in [7, 11) is 0. The predicted molar refractivity (Wildman–Crippen MR) is 213 cm³/mol. The number of carbonyl (C=O) groups is 4. The third-order valence-corrected chi connectivity index (χ3v) is 11.9. The Morgan fingerprint density at radius 3 is 2.09 bits per heavy atom. The van der Waals surface area contributed by atoms with E-state index in [0.29, 0.717) is 87.6 Å². The second kappa shape index (κ2) is 19.0. The predicted octanol–water partition coefficient (Wildman–Crippen LogP) is 6.40. The van der Waals surface area contributed by atoms with E-state index in [9.17, 15) is 24.3 Å². The molecule has 6 rings (SSSR count). The van der Waals surface area contributed by atoms with Gasteiger partial charge in [0.1, 0.15) is 5.75 Å². The highest BCUT2D eigenvalue weighted by Crippen LogP contribution is 2.33. The van der Waals surface area contributed by atoms with Gasteiger partial charge in [-0.2, -0.15) is 0 Å². The third-order valence-electron chi connectivity index (χ3n) is 11.9. The van der Waals surface area contributed by atoms with Gasteiger partial charge < -0.3 is 34.6 Å². The Morgan fingerprint density at radius 2 is 1.45 bits per heavy atom. The molecular formula is C43H63N5O7. The number of piperidine rings is 3. The Labute approximate surface area is 327 Å². The fraction of sp³-hybridized carbons (Fsp3) is 0.628. The molecule has 4 aliphatic heterocycles. The summed E-state index contributed by atoms with van der Waals surface area (Å²) < 4.78 is 11.5. The van der Waals surface area contributed by atoms with Crippen LogP contribution in [0, 0.1) is 31.6 Å². The zero-order chi connectivity index (χ0) is 38.4. The molecule has 0 aliphatic carbocycles. The maximum Gasteiger partial charge on any atom is 0.410 e. The van der Waals surface area contributed by atoms with E-state index < -0.39 is 12.2 Å². The average molecular weight is 762 g/mol. The normalized spacial score (nSPS) is 19.6. The van der Waals surface area contributed by atoms with Crippen LogP contribution in [0.3, 0.4) is 0 Å². The number of urea groups is 1. The number of esters is 1. The summed E-state index contributed by atoms with van der Waals surface area (Å²) in [5, 5.41) is 13.4. The number of likely N-dealkylation sites (tertiary alicyclic amines) is 3. The van der Waals surface area contributed by atoms with E-state index in [-0.39, 0.29) is 43.5 Å². The van der Waals surface area contributed by atoms with Crippen LogP contribution >= 0.6 is 0 Å². The van der Waals surface area contributed by atoms with Crippen LogP contribution in [0.4, 0.5) is 15.3 Å². The standard InChI is InChI=1S/C42H59N5O7.CH4/c1-28(2)27-53-38(48)26-44-16-9-32(10-17-44)33-11-18-45(19-12-33)40(50)37(25-31-23-29(3)39(49)30(4)24-31)54-42(52)46-20-14-35(15-21-46)47-22-13-34-7-5-6-8-36(34)43-41(47)51;/h5-8,23-24,28,32-33,35,37,49H,9-22,25-27H2,1-4H3,(H,43,51);1H4/t37-;/m1./s1. The van der Waals surface area contributed by atoms with Crippen molar-refractivity contribution < 1.29 is 33.8 Å².